The number of thioether (sulfide) groups is 1. The third-order valence-electron chi connectivity index (χ3n) is 5.53. The van der Waals surface area contributed by atoms with Gasteiger partial charge in [0.1, 0.15) is 11.6 Å². The molecule has 34 heavy (non-hydrogen) atoms. The van der Waals surface area contributed by atoms with Gasteiger partial charge in [-0.3, -0.25) is 23.9 Å². The molecule has 170 valence electrons. The molecule has 0 saturated heterocycles. The second-order valence-electron chi connectivity index (χ2n) is 7.66. The minimum atomic E-state index is -0.882. The zero-order valence-corrected chi connectivity index (χ0v) is 18.5. The van der Waals surface area contributed by atoms with E-state index in [0.29, 0.717) is 40.3 Å². The highest BCUT2D eigenvalue weighted by atomic mass is 32.2. The van der Waals surface area contributed by atoms with Crippen LogP contribution in [0.2, 0.25) is 0 Å². The zero-order valence-electron chi connectivity index (χ0n) is 17.7. The van der Waals surface area contributed by atoms with Gasteiger partial charge in [0.2, 0.25) is 0 Å². The Labute approximate surface area is 196 Å². The summed E-state index contributed by atoms with van der Waals surface area (Å²) in [5.41, 5.74) is 0.648. The van der Waals surface area contributed by atoms with E-state index in [9.17, 15) is 23.2 Å². The van der Waals surface area contributed by atoms with Gasteiger partial charge in [0, 0.05) is 18.4 Å². The average Bonchev–Trinajstić information content (AvgIpc) is 3.08. The van der Waals surface area contributed by atoms with Crippen molar-refractivity contribution in [3.05, 3.63) is 99.8 Å². The highest BCUT2D eigenvalue weighted by molar-refractivity contribution is 7.99. The number of hydrogen-bond donors (Lipinski definition) is 0. The van der Waals surface area contributed by atoms with Crippen LogP contribution in [0.1, 0.15) is 27.1 Å². The van der Waals surface area contributed by atoms with E-state index in [1.807, 2.05) is 0 Å². The fourth-order valence-corrected chi connectivity index (χ4v) is 4.84. The van der Waals surface area contributed by atoms with Crippen LogP contribution in [-0.2, 0) is 0 Å². The minimum absolute atomic E-state index is 0.104. The molecule has 0 radical (unpaired) electrons. The standard InChI is InChI=1S/C25H17F2N3O3S/c26-15-10-11-21(19(27)14-15)30-24(33)18-8-3-4-9-20(18)28-25(30)34-13-5-12-29-22(31)16-6-1-2-7-17(16)23(29)32/h1-4,6-11,14H,5,12-13H2. The summed E-state index contributed by atoms with van der Waals surface area (Å²) in [6, 6.07) is 16.4. The molecule has 0 saturated carbocycles. The zero-order chi connectivity index (χ0) is 23.8. The molecule has 9 heteroatoms. The van der Waals surface area contributed by atoms with E-state index >= 15 is 0 Å². The van der Waals surface area contributed by atoms with Crippen molar-refractivity contribution in [3.63, 3.8) is 0 Å². The first-order chi connectivity index (χ1) is 16.5. The highest BCUT2D eigenvalue weighted by Crippen LogP contribution is 2.26. The number of carbonyl (C=O) groups is 2. The number of carbonyl (C=O) groups excluding carboxylic acids is 2. The summed E-state index contributed by atoms with van der Waals surface area (Å²) in [6.45, 7) is 0.196. The summed E-state index contributed by atoms with van der Waals surface area (Å²) in [5, 5.41) is 0.540. The lowest BCUT2D eigenvalue weighted by molar-refractivity contribution is 0.0655. The van der Waals surface area contributed by atoms with Crippen LogP contribution in [0.15, 0.2) is 76.7 Å². The predicted molar refractivity (Wildman–Crippen MR) is 124 cm³/mol. The lowest BCUT2D eigenvalue weighted by Gasteiger charge is -2.15. The molecule has 0 N–H and O–H groups in total. The second-order valence-corrected chi connectivity index (χ2v) is 8.72. The van der Waals surface area contributed by atoms with Crippen LogP contribution < -0.4 is 5.56 Å². The van der Waals surface area contributed by atoms with Crippen LogP contribution in [0.25, 0.3) is 16.6 Å². The van der Waals surface area contributed by atoms with Crippen LogP contribution in [-0.4, -0.2) is 38.6 Å². The quantitative estimate of drug-likeness (QED) is 0.178. The molecule has 2 heterocycles. The molecular formula is C25H17F2N3O3S. The molecule has 5 rings (SSSR count). The number of nitrogens with zero attached hydrogens (tertiary/aromatic N) is 3. The number of rotatable bonds is 6. The van der Waals surface area contributed by atoms with Gasteiger partial charge < -0.3 is 0 Å². The van der Waals surface area contributed by atoms with E-state index in [1.165, 1.54) is 22.7 Å². The number of halogens is 2. The van der Waals surface area contributed by atoms with Crippen LogP contribution in [0.3, 0.4) is 0 Å². The smallest absolute Gasteiger partial charge is 0.266 e. The van der Waals surface area contributed by atoms with Gasteiger partial charge >= 0.3 is 0 Å². The number of aromatic nitrogens is 2. The first kappa shape index (κ1) is 22.0. The lowest BCUT2D eigenvalue weighted by Crippen LogP contribution is -2.31. The van der Waals surface area contributed by atoms with Gasteiger partial charge in [0.25, 0.3) is 17.4 Å². The Bertz CT molecular complexity index is 1480. The summed E-state index contributed by atoms with van der Waals surface area (Å²) in [4.78, 5) is 44.0. The van der Waals surface area contributed by atoms with Gasteiger partial charge in [-0.15, -0.1) is 0 Å². The molecule has 1 aromatic heterocycles. The molecule has 1 aliphatic rings. The lowest BCUT2D eigenvalue weighted by atomic mass is 10.1. The van der Waals surface area contributed by atoms with Crippen molar-refractivity contribution in [2.24, 2.45) is 0 Å². The van der Waals surface area contributed by atoms with E-state index < -0.39 is 17.2 Å². The number of imide groups is 1. The number of hydrogen-bond acceptors (Lipinski definition) is 5. The second kappa shape index (κ2) is 8.83. The third-order valence-corrected chi connectivity index (χ3v) is 6.56. The first-order valence-corrected chi connectivity index (χ1v) is 11.5. The topological polar surface area (TPSA) is 72.3 Å². The highest BCUT2D eigenvalue weighted by Gasteiger charge is 2.34. The van der Waals surface area contributed by atoms with Crippen molar-refractivity contribution in [1.29, 1.82) is 0 Å². The number of benzene rings is 3. The van der Waals surface area contributed by atoms with Gasteiger partial charge in [-0.05, 0) is 42.8 Å². The summed E-state index contributed by atoms with van der Waals surface area (Å²) < 4.78 is 29.2. The van der Waals surface area contributed by atoms with E-state index in [1.54, 1.807) is 48.5 Å². The van der Waals surface area contributed by atoms with E-state index in [4.69, 9.17) is 0 Å². The number of para-hydroxylation sites is 1. The van der Waals surface area contributed by atoms with Gasteiger partial charge in [-0.2, -0.15) is 0 Å². The summed E-state index contributed by atoms with van der Waals surface area (Å²) in [5.74, 6) is -1.90. The van der Waals surface area contributed by atoms with E-state index in [2.05, 4.69) is 4.98 Å². The third kappa shape index (κ3) is 3.77. The van der Waals surface area contributed by atoms with Crippen molar-refractivity contribution in [1.82, 2.24) is 14.5 Å². The maximum absolute atomic E-state index is 14.6. The van der Waals surface area contributed by atoms with Gasteiger partial charge in [0.15, 0.2) is 5.16 Å². The van der Waals surface area contributed by atoms with Crippen molar-refractivity contribution in [2.45, 2.75) is 11.6 Å². The van der Waals surface area contributed by atoms with Crippen LogP contribution in [0.5, 0.6) is 0 Å². The molecule has 6 nitrogen and oxygen atoms in total. The average molecular weight is 477 g/mol. The van der Waals surface area contributed by atoms with Crippen LogP contribution >= 0.6 is 11.8 Å². The SMILES string of the molecule is O=C1c2ccccc2C(=O)N1CCCSc1nc2ccccc2c(=O)n1-c1ccc(F)cc1F. The fourth-order valence-electron chi connectivity index (χ4n) is 3.91. The maximum atomic E-state index is 14.6. The molecule has 0 unspecified atom stereocenters. The predicted octanol–water partition coefficient (Wildman–Crippen LogP) is 4.44. The molecule has 0 bridgehead atoms. The van der Waals surface area contributed by atoms with Gasteiger partial charge in [0.05, 0.1) is 27.7 Å². The number of fused-ring (bicyclic) bond motifs is 2. The maximum Gasteiger partial charge on any atom is 0.266 e. The summed E-state index contributed by atoms with van der Waals surface area (Å²) >= 11 is 1.20. The van der Waals surface area contributed by atoms with Crippen molar-refractivity contribution >= 4 is 34.5 Å². The Morgan fingerprint density at radius 2 is 1.53 bits per heavy atom. The molecule has 0 aliphatic carbocycles. The Morgan fingerprint density at radius 1 is 0.853 bits per heavy atom. The molecule has 3 aromatic carbocycles. The Kier molecular flexibility index (Phi) is 5.70. The first-order valence-electron chi connectivity index (χ1n) is 10.5. The molecule has 0 spiro atoms. The van der Waals surface area contributed by atoms with Crippen molar-refractivity contribution < 1.29 is 18.4 Å². The number of amides is 2. The Morgan fingerprint density at radius 3 is 2.24 bits per heavy atom. The molecule has 1 aliphatic heterocycles. The van der Waals surface area contributed by atoms with Gasteiger partial charge in [-0.1, -0.05) is 36.0 Å². The molecule has 0 atom stereocenters. The molecular weight excluding hydrogens is 460 g/mol. The molecule has 2 amide bonds. The van der Waals surface area contributed by atoms with Gasteiger partial charge in [-0.25, -0.2) is 13.8 Å². The van der Waals surface area contributed by atoms with Crippen LogP contribution in [0.4, 0.5) is 8.78 Å². The normalized spacial score (nSPS) is 13.1. The Hall–Kier alpha value is -3.85. The summed E-state index contributed by atoms with van der Waals surface area (Å²) in [7, 11) is 0. The molecule has 4 aromatic rings. The van der Waals surface area contributed by atoms with E-state index in [0.717, 1.165) is 10.6 Å². The monoisotopic (exact) mass is 477 g/mol. The Balaban J connectivity index is 1.40. The summed E-state index contributed by atoms with van der Waals surface area (Å²) in [6.07, 6.45) is 0.435. The fraction of sp³-hybridized carbons (Fsp3) is 0.120. The van der Waals surface area contributed by atoms with Crippen molar-refractivity contribution in [2.75, 3.05) is 12.3 Å². The molecule has 0 fully saturated rings. The minimum Gasteiger partial charge on any atom is -0.274 e. The largest absolute Gasteiger partial charge is 0.274 e. The van der Waals surface area contributed by atoms with Crippen LogP contribution in [0, 0.1) is 11.6 Å². The van der Waals surface area contributed by atoms with E-state index in [-0.39, 0.29) is 29.2 Å². The van der Waals surface area contributed by atoms with Crippen molar-refractivity contribution in [3.8, 4) is 5.69 Å².